The summed E-state index contributed by atoms with van der Waals surface area (Å²) in [5.74, 6) is -5.28. The highest BCUT2D eigenvalue weighted by Gasteiger charge is 2.58. The number of aryl methyl sites for hydroxylation is 1. The van der Waals surface area contributed by atoms with Crippen LogP contribution in [0.1, 0.15) is 19.5 Å². The van der Waals surface area contributed by atoms with Crippen molar-refractivity contribution in [3.8, 4) is 5.88 Å². The van der Waals surface area contributed by atoms with Gasteiger partial charge in [-0.1, -0.05) is 13.8 Å². The van der Waals surface area contributed by atoms with Gasteiger partial charge in [0.25, 0.3) is 0 Å². The van der Waals surface area contributed by atoms with Crippen molar-refractivity contribution in [2.75, 3.05) is 6.61 Å². The Labute approximate surface area is 101 Å². The van der Waals surface area contributed by atoms with E-state index in [4.69, 9.17) is 0 Å². The van der Waals surface area contributed by atoms with E-state index < -0.39 is 18.7 Å². The Hall–Kier alpha value is -1.47. The summed E-state index contributed by atoms with van der Waals surface area (Å²) in [6.45, 7) is 3.77. The van der Waals surface area contributed by atoms with Gasteiger partial charge < -0.3 is 4.74 Å². The minimum absolute atomic E-state index is 0.380. The molecule has 8 heteroatoms. The zero-order valence-electron chi connectivity index (χ0n) is 10.1. The van der Waals surface area contributed by atoms with Crippen molar-refractivity contribution in [3.63, 3.8) is 0 Å². The standard InChI is InChI=1S/C8H7F5N2O.C2H6/c1-5-2-15-6(3-14-5)16-4-7(9,10)8(11,12)13;1-2/h2-3H,4H2,1H3;1-2H3. The maximum atomic E-state index is 12.4. The molecule has 0 saturated heterocycles. The molecular formula is C10H13F5N2O. The summed E-state index contributed by atoms with van der Waals surface area (Å²) >= 11 is 0. The second-order valence-electron chi connectivity index (χ2n) is 2.99. The SMILES string of the molecule is CC.Cc1cnc(OCC(F)(F)C(F)(F)F)cn1. The Morgan fingerprint density at radius 3 is 2.00 bits per heavy atom. The highest BCUT2D eigenvalue weighted by atomic mass is 19.4. The summed E-state index contributed by atoms with van der Waals surface area (Å²) in [5, 5.41) is 0. The highest BCUT2D eigenvalue weighted by Crippen LogP contribution is 2.35. The van der Waals surface area contributed by atoms with Gasteiger partial charge >= 0.3 is 12.1 Å². The van der Waals surface area contributed by atoms with Crippen molar-refractivity contribution < 1.29 is 26.7 Å². The molecule has 0 bridgehead atoms. The lowest BCUT2D eigenvalue weighted by Crippen LogP contribution is -2.41. The molecule has 1 aromatic heterocycles. The van der Waals surface area contributed by atoms with Gasteiger partial charge in [0.1, 0.15) is 0 Å². The van der Waals surface area contributed by atoms with Crippen LogP contribution in [0.3, 0.4) is 0 Å². The quantitative estimate of drug-likeness (QED) is 0.791. The van der Waals surface area contributed by atoms with Gasteiger partial charge in [-0.2, -0.15) is 22.0 Å². The summed E-state index contributed by atoms with van der Waals surface area (Å²) in [5.41, 5.74) is 0.495. The maximum Gasteiger partial charge on any atom is 0.456 e. The van der Waals surface area contributed by atoms with E-state index in [2.05, 4.69) is 14.7 Å². The van der Waals surface area contributed by atoms with Crippen LogP contribution in [-0.2, 0) is 0 Å². The van der Waals surface area contributed by atoms with Crippen LogP contribution in [0.4, 0.5) is 22.0 Å². The number of hydrogen-bond acceptors (Lipinski definition) is 3. The molecule has 0 aliphatic rings. The Morgan fingerprint density at radius 1 is 1.06 bits per heavy atom. The molecule has 3 nitrogen and oxygen atoms in total. The van der Waals surface area contributed by atoms with E-state index in [1.54, 1.807) is 6.92 Å². The molecule has 0 aromatic carbocycles. The van der Waals surface area contributed by atoms with Crippen LogP contribution in [0.2, 0.25) is 0 Å². The monoisotopic (exact) mass is 272 g/mol. The number of rotatable bonds is 3. The van der Waals surface area contributed by atoms with Gasteiger partial charge in [0.2, 0.25) is 5.88 Å². The minimum Gasteiger partial charge on any atom is -0.470 e. The average molecular weight is 272 g/mol. The third kappa shape index (κ3) is 4.80. The lowest BCUT2D eigenvalue weighted by molar-refractivity contribution is -0.290. The first-order chi connectivity index (χ1) is 8.22. The van der Waals surface area contributed by atoms with Gasteiger partial charge in [-0.05, 0) is 6.92 Å². The molecule has 0 N–H and O–H groups in total. The summed E-state index contributed by atoms with van der Waals surface area (Å²) < 4.78 is 64.2. The van der Waals surface area contributed by atoms with E-state index in [1.165, 1.54) is 6.20 Å². The van der Waals surface area contributed by atoms with Gasteiger partial charge in [0.15, 0.2) is 6.61 Å². The van der Waals surface area contributed by atoms with Crippen molar-refractivity contribution in [1.82, 2.24) is 9.97 Å². The summed E-state index contributed by atoms with van der Waals surface area (Å²) in [6.07, 6.45) is -3.46. The third-order valence-corrected chi connectivity index (χ3v) is 1.57. The van der Waals surface area contributed by atoms with Crippen molar-refractivity contribution in [3.05, 3.63) is 18.1 Å². The van der Waals surface area contributed by atoms with Crippen molar-refractivity contribution in [2.45, 2.75) is 32.9 Å². The molecular weight excluding hydrogens is 259 g/mol. The molecule has 1 heterocycles. The minimum atomic E-state index is -5.63. The molecule has 0 unspecified atom stereocenters. The van der Waals surface area contributed by atoms with Crippen LogP contribution < -0.4 is 4.74 Å². The van der Waals surface area contributed by atoms with E-state index in [0.717, 1.165) is 6.20 Å². The number of alkyl halides is 5. The van der Waals surface area contributed by atoms with E-state index >= 15 is 0 Å². The lowest BCUT2D eigenvalue weighted by Gasteiger charge is -2.19. The third-order valence-electron chi connectivity index (χ3n) is 1.57. The zero-order chi connectivity index (χ0) is 14.4. The van der Waals surface area contributed by atoms with Gasteiger partial charge in [-0.15, -0.1) is 0 Å². The fraction of sp³-hybridized carbons (Fsp3) is 0.600. The Morgan fingerprint density at radius 2 is 1.61 bits per heavy atom. The van der Waals surface area contributed by atoms with E-state index in [-0.39, 0.29) is 5.88 Å². The van der Waals surface area contributed by atoms with Crippen molar-refractivity contribution in [1.29, 1.82) is 0 Å². The summed E-state index contributed by atoms with van der Waals surface area (Å²) in [4.78, 5) is 7.11. The maximum absolute atomic E-state index is 12.4. The van der Waals surface area contributed by atoms with Gasteiger partial charge in [-0.3, -0.25) is 4.98 Å². The molecule has 18 heavy (non-hydrogen) atoms. The fourth-order valence-electron chi connectivity index (χ4n) is 0.702. The van der Waals surface area contributed by atoms with Crippen LogP contribution in [0.25, 0.3) is 0 Å². The second-order valence-corrected chi connectivity index (χ2v) is 2.99. The number of hydrogen-bond donors (Lipinski definition) is 0. The van der Waals surface area contributed by atoms with Gasteiger partial charge in [0, 0.05) is 0 Å². The zero-order valence-corrected chi connectivity index (χ0v) is 10.1. The number of aromatic nitrogens is 2. The predicted octanol–water partition coefficient (Wildman–Crippen LogP) is 3.39. The van der Waals surface area contributed by atoms with Crippen molar-refractivity contribution >= 4 is 0 Å². The van der Waals surface area contributed by atoms with Crippen LogP contribution >= 0.6 is 0 Å². The number of ether oxygens (including phenoxy) is 1. The lowest BCUT2D eigenvalue weighted by atomic mass is 10.3. The van der Waals surface area contributed by atoms with Crippen LogP contribution in [0.15, 0.2) is 12.4 Å². The fourth-order valence-corrected chi connectivity index (χ4v) is 0.702. The molecule has 0 saturated carbocycles. The largest absolute Gasteiger partial charge is 0.470 e. The summed E-state index contributed by atoms with van der Waals surface area (Å²) in [6, 6.07) is 0. The van der Waals surface area contributed by atoms with E-state index in [9.17, 15) is 22.0 Å². The average Bonchev–Trinajstić information content (AvgIpc) is 2.29. The first-order valence-corrected chi connectivity index (χ1v) is 5.08. The molecule has 0 aliphatic carbocycles. The molecule has 0 aliphatic heterocycles. The first-order valence-electron chi connectivity index (χ1n) is 5.08. The molecule has 104 valence electrons. The Bertz CT molecular complexity index is 350. The molecule has 0 atom stereocenters. The number of halogens is 5. The van der Waals surface area contributed by atoms with Gasteiger partial charge in [0.05, 0.1) is 18.1 Å². The normalized spacial score (nSPS) is 11.6. The van der Waals surface area contributed by atoms with Crippen molar-refractivity contribution in [2.24, 2.45) is 0 Å². The molecule has 1 rings (SSSR count). The van der Waals surface area contributed by atoms with Crippen LogP contribution in [-0.4, -0.2) is 28.7 Å². The molecule has 0 fully saturated rings. The molecule has 0 radical (unpaired) electrons. The van der Waals surface area contributed by atoms with Crippen LogP contribution in [0.5, 0.6) is 5.88 Å². The number of nitrogens with zero attached hydrogens (tertiary/aromatic N) is 2. The Balaban J connectivity index is 0.00000137. The first kappa shape index (κ1) is 16.5. The smallest absolute Gasteiger partial charge is 0.456 e. The van der Waals surface area contributed by atoms with Gasteiger partial charge in [-0.25, -0.2) is 4.98 Å². The van der Waals surface area contributed by atoms with E-state index in [0.29, 0.717) is 5.69 Å². The predicted molar refractivity (Wildman–Crippen MR) is 54.6 cm³/mol. The molecule has 0 spiro atoms. The summed E-state index contributed by atoms with van der Waals surface area (Å²) in [7, 11) is 0. The molecule has 1 aromatic rings. The molecule has 0 amide bonds. The topological polar surface area (TPSA) is 35.0 Å². The second kappa shape index (κ2) is 6.46. The Kier molecular flexibility index (Phi) is 5.93. The highest BCUT2D eigenvalue weighted by molar-refractivity contribution is 5.06. The van der Waals surface area contributed by atoms with E-state index in [1.807, 2.05) is 13.8 Å². The van der Waals surface area contributed by atoms with Crippen LogP contribution in [0, 0.1) is 6.92 Å².